The monoisotopic (exact) mass is 567 g/mol. The number of aromatic nitrogens is 2. The Morgan fingerprint density at radius 1 is 1.02 bits per heavy atom. The Morgan fingerprint density at radius 3 is 2.59 bits per heavy atom. The summed E-state index contributed by atoms with van der Waals surface area (Å²) < 4.78 is 0. The minimum Gasteiger partial charge on any atom is -0.351 e. The zero-order chi connectivity index (χ0) is 28.7. The van der Waals surface area contributed by atoms with E-state index in [4.69, 9.17) is 21.6 Å². The summed E-state index contributed by atoms with van der Waals surface area (Å²) in [7, 11) is 0. The van der Waals surface area contributed by atoms with Gasteiger partial charge < -0.3 is 15.1 Å². The summed E-state index contributed by atoms with van der Waals surface area (Å²) in [5.74, 6) is 0.784. The third kappa shape index (κ3) is 5.51. The van der Waals surface area contributed by atoms with Gasteiger partial charge in [0, 0.05) is 54.6 Å². The van der Waals surface area contributed by atoms with E-state index in [1.54, 1.807) is 31.2 Å². The molecule has 6 rings (SSSR count). The van der Waals surface area contributed by atoms with Crippen molar-refractivity contribution >= 4 is 40.3 Å². The van der Waals surface area contributed by atoms with Gasteiger partial charge in [0.2, 0.25) is 11.9 Å². The average Bonchev–Trinajstić information content (AvgIpc) is 2.96. The first kappa shape index (κ1) is 27.2. The number of aryl methyl sites for hydroxylation is 1. The van der Waals surface area contributed by atoms with Gasteiger partial charge in [-0.25, -0.2) is 9.97 Å². The van der Waals surface area contributed by atoms with Crippen LogP contribution in [0.5, 0.6) is 0 Å². The van der Waals surface area contributed by atoms with Crippen LogP contribution in [0, 0.1) is 6.92 Å². The first-order valence-corrected chi connectivity index (χ1v) is 14.6. The number of benzene rings is 3. The lowest BCUT2D eigenvalue weighted by atomic mass is 9.90. The molecule has 3 aromatic carbocycles. The van der Waals surface area contributed by atoms with Crippen LogP contribution in [-0.2, 0) is 17.8 Å². The maximum Gasteiger partial charge on any atom is 0.254 e. The van der Waals surface area contributed by atoms with Crippen LogP contribution in [0.3, 0.4) is 0 Å². The van der Waals surface area contributed by atoms with Crippen molar-refractivity contribution in [2.45, 2.75) is 58.7 Å². The Hall–Kier alpha value is -3.97. The molecule has 0 bridgehead atoms. The van der Waals surface area contributed by atoms with E-state index in [2.05, 4.69) is 48.6 Å². The van der Waals surface area contributed by atoms with E-state index in [-0.39, 0.29) is 23.9 Å². The number of carbonyl (C=O) groups excluding carboxylic acids is 2. The Morgan fingerprint density at radius 2 is 1.83 bits per heavy atom. The number of amides is 2. The fraction of sp³-hybridized carbons (Fsp3) is 0.333. The van der Waals surface area contributed by atoms with Gasteiger partial charge in [0.15, 0.2) is 0 Å². The van der Waals surface area contributed by atoms with Crippen molar-refractivity contribution in [3.05, 3.63) is 88.1 Å². The van der Waals surface area contributed by atoms with Gasteiger partial charge in [0.1, 0.15) is 0 Å². The lowest BCUT2D eigenvalue weighted by Gasteiger charge is -2.38. The first-order valence-electron chi connectivity index (χ1n) is 14.2. The molecule has 1 saturated heterocycles. The summed E-state index contributed by atoms with van der Waals surface area (Å²) in [6.07, 6.45) is 2.49. The highest BCUT2D eigenvalue weighted by atomic mass is 35.5. The van der Waals surface area contributed by atoms with Gasteiger partial charge in [-0.05, 0) is 91.8 Å². The van der Waals surface area contributed by atoms with Crippen LogP contribution < -0.4 is 5.32 Å². The Balaban J connectivity index is 1.18. The third-order valence-corrected chi connectivity index (χ3v) is 8.72. The second-order valence-corrected chi connectivity index (χ2v) is 11.7. The fourth-order valence-electron chi connectivity index (χ4n) is 6.21. The zero-order valence-corrected chi connectivity index (χ0v) is 24.4. The van der Waals surface area contributed by atoms with Gasteiger partial charge in [0.25, 0.3) is 5.91 Å². The molecule has 1 fully saturated rings. The molecule has 2 aliphatic heterocycles. The molecule has 0 spiro atoms. The molecule has 1 aromatic heterocycles. The number of piperidine rings is 1. The number of fused-ring (bicyclic) bond motifs is 2. The molecule has 2 atom stereocenters. The molecule has 4 aromatic rings. The van der Waals surface area contributed by atoms with Crippen molar-refractivity contribution in [3.63, 3.8) is 0 Å². The van der Waals surface area contributed by atoms with Crippen LogP contribution in [0.15, 0.2) is 60.7 Å². The van der Waals surface area contributed by atoms with Crippen molar-refractivity contribution < 1.29 is 9.59 Å². The van der Waals surface area contributed by atoms with E-state index in [0.717, 1.165) is 48.0 Å². The number of nitrogens with one attached hydrogen (secondary N) is 1. The highest BCUT2D eigenvalue weighted by molar-refractivity contribution is 6.30. The molecule has 2 aliphatic rings. The molecule has 8 heteroatoms. The summed E-state index contributed by atoms with van der Waals surface area (Å²) in [4.78, 5) is 38.5. The third-order valence-electron chi connectivity index (χ3n) is 8.47. The number of hydrogen-bond acceptors (Lipinski definition) is 5. The number of hydrogen-bond donors (Lipinski definition) is 1. The topological polar surface area (TPSA) is 78.4 Å². The van der Waals surface area contributed by atoms with Crippen molar-refractivity contribution in [3.8, 4) is 11.1 Å². The Kier molecular flexibility index (Phi) is 7.39. The zero-order valence-electron chi connectivity index (χ0n) is 23.7. The van der Waals surface area contributed by atoms with Gasteiger partial charge in [-0.15, -0.1) is 0 Å². The van der Waals surface area contributed by atoms with Gasteiger partial charge >= 0.3 is 0 Å². The smallest absolute Gasteiger partial charge is 0.254 e. The highest BCUT2D eigenvalue weighted by Crippen LogP contribution is 2.33. The number of halogens is 1. The molecule has 0 aliphatic carbocycles. The van der Waals surface area contributed by atoms with Crippen LogP contribution in [0.25, 0.3) is 22.0 Å². The minimum absolute atomic E-state index is 0.0390. The fourth-order valence-corrected chi connectivity index (χ4v) is 6.33. The van der Waals surface area contributed by atoms with E-state index < -0.39 is 0 Å². The van der Waals surface area contributed by atoms with Crippen LogP contribution in [-0.4, -0.2) is 56.8 Å². The van der Waals surface area contributed by atoms with E-state index in [1.165, 1.54) is 16.7 Å². The molecule has 0 radical (unpaired) electrons. The predicted octanol–water partition coefficient (Wildman–Crippen LogP) is 6.27. The SMILES string of the molecule is CC(=O)N1CCc2c(cccc2-c2ccc3nc(NC4CCN(C(=O)c5ccc(Cl)cc5)C(C)C4)nc(C)c3c2)C1. The quantitative estimate of drug-likeness (QED) is 0.314. The van der Waals surface area contributed by atoms with Crippen LogP contribution >= 0.6 is 11.6 Å². The molecule has 41 heavy (non-hydrogen) atoms. The van der Waals surface area contributed by atoms with Crippen LogP contribution in [0.4, 0.5) is 5.95 Å². The van der Waals surface area contributed by atoms with Gasteiger partial charge in [0.05, 0.1) is 11.2 Å². The highest BCUT2D eigenvalue weighted by Gasteiger charge is 2.30. The first-order chi connectivity index (χ1) is 19.8. The molecule has 7 nitrogen and oxygen atoms in total. The summed E-state index contributed by atoms with van der Waals surface area (Å²) in [5, 5.41) is 5.20. The van der Waals surface area contributed by atoms with Crippen molar-refractivity contribution in [2.75, 3.05) is 18.4 Å². The van der Waals surface area contributed by atoms with Gasteiger partial charge in [-0.1, -0.05) is 35.9 Å². The maximum atomic E-state index is 13.1. The average molecular weight is 568 g/mol. The summed E-state index contributed by atoms with van der Waals surface area (Å²) in [6.45, 7) is 7.84. The lowest BCUT2D eigenvalue weighted by Crippen LogP contribution is -2.48. The predicted molar refractivity (Wildman–Crippen MR) is 163 cm³/mol. The summed E-state index contributed by atoms with van der Waals surface area (Å²) >= 11 is 5.99. The van der Waals surface area contributed by atoms with Crippen LogP contribution in [0.2, 0.25) is 5.02 Å². The Labute approximate surface area is 245 Å². The molecule has 2 amide bonds. The molecule has 210 valence electrons. The van der Waals surface area contributed by atoms with Crippen LogP contribution in [0.1, 0.15) is 53.9 Å². The lowest BCUT2D eigenvalue weighted by molar-refractivity contribution is -0.129. The maximum absolute atomic E-state index is 13.1. The number of likely N-dealkylation sites (tertiary alicyclic amines) is 1. The molecular formula is C33H34ClN5O2. The number of nitrogens with zero attached hydrogens (tertiary/aromatic N) is 4. The standard InChI is InChI=1S/C33H34ClN5O2/c1-20-17-27(13-16-39(20)32(41)23-7-10-26(34)11-8-23)36-33-35-21(2)30-18-24(9-12-31(30)37-33)28-6-4-5-25-19-38(22(3)40)15-14-29(25)28/h4-12,18,20,27H,13-17,19H2,1-3H3,(H,35,36,37). The number of rotatable bonds is 4. The normalized spacial score (nSPS) is 18.7. The Bertz CT molecular complexity index is 1640. The number of carbonyl (C=O) groups is 2. The molecular weight excluding hydrogens is 534 g/mol. The van der Waals surface area contributed by atoms with E-state index >= 15 is 0 Å². The van der Waals surface area contributed by atoms with Gasteiger partial charge in [-0.3, -0.25) is 9.59 Å². The molecule has 3 heterocycles. The summed E-state index contributed by atoms with van der Waals surface area (Å²) in [6, 6.07) is 20.1. The molecule has 0 saturated carbocycles. The van der Waals surface area contributed by atoms with E-state index in [9.17, 15) is 9.59 Å². The molecule has 1 N–H and O–H groups in total. The second-order valence-electron chi connectivity index (χ2n) is 11.2. The summed E-state index contributed by atoms with van der Waals surface area (Å²) in [5.41, 5.74) is 7.38. The van der Waals surface area contributed by atoms with Crippen molar-refractivity contribution in [1.29, 1.82) is 0 Å². The largest absolute Gasteiger partial charge is 0.351 e. The van der Waals surface area contributed by atoms with Crippen molar-refractivity contribution in [1.82, 2.24) is 19.8 Å². The molecule has 2 unspecified atom stereocenters. The number of anilines is 1. The second kappa shape index (κ2) is 11.1. The minimum atomic E-state index is 0.0390. The van der Waals surface area contributed by atoms with E-state index in [1.807, 2.05) is 16.7 Å². The van der Waals surface area contributed by atoms with E-state index in [0.29, 0.717) is 29.6 Å². The van der Waals surface area contributed by atoms with Crippen molar-refractivity contribution in [2.24, 2.45) is 0 Å². The van der Waals surface area contributed by atoms with Gasteiger partial charge in [-0.2, -0.15) is 0 Å².